The van der Waals surface area contributed by atoms with E-state index in [0.29, 0.717) is 12.4 Å². The van der Waals surface area contributed by atoms with Gasteiger partial charge in [-0.15, -0.1) is 11.3 Å². The third kappa shape index (κ3) is 18.9. The summed E-state index contributed by atoms with van der Waals surface area (Å²) in [6.45, 7) is 4.50. The van der Waals surface area contributed by atoms with E-state index in [-0.39, 0.29) is 20.4 Å². The Bertz CT molecular complexity index is 2480. The van der Waals surface area contributed by atoms with Gasteiger partial charge in [0.25, 0.3) is 0 Å². The first kappa shape index (κ1) is 41.7. The normalized spacial score (nSPS) is 11.3. The Labute approximate surface area is 330 Å². The number of piperidine rings is 1. The summed E-state index contributed by atoms with van der Waals surface area (Å²) in [4.78, 5) is 19.8. The molecule has 0 amide bonds. The number of anilines is 2. The van der Waals surface area contributed by atoms with Gasteiger partial charge < -0.3 is 20.7 Å². The molecule has 0 saturated carbocycles. The number of nitrogens with one attached hydrogen (secondary N) is 2. The van der Waals surface area contributed by atoms with Crippen LogP contribution in [0.1, 0.15) is 39.6 Å². The molecule has 1 fully saturated rings. The molecular weight excluding hydrogens is 677 g/mol. The number of hydrogen-bond donors (Lipinski definition) is 3. The van der Waals surface area contributed by atoms with Crippen molar-refractivity contribution < 1.29 is 19.0 Å². The van der Waals surface area contributed by atoms with Crippen molar-refractivity contribution in [3.63, 3.8) is 0 Å². The molecule has 4 rings (SSSR count). The van der Waals surface area contributed by atoms with Crippen LogP contribution in [0.15, 0.2) is 69.7 Å². The minimum atomic E-state index is 0. The predicted molar refractivity (Wildman–Crippen MR) is 230 cm³/mol. The van der Waals surface area contributed by atoms with Crippen LogP contribution in [0.25, 0.3) is 10.8 Å². The lowest BCUT2D eigenvalue weighted by atomic mass is 10.1. The molecule has 3 aromatic rings. The van der Waals surface area contributed by atoms with E-state index in [1.807, 2.05) is 29.6 Å². The molecule has 0 aliphatic carbocycles. The molecule has 1 unspecified atom stereocenters. The molecular formula is C42H50N10O2. The van der Waals surface area contributed by atoms with E-state index in [2.05, 4.69) is 168 Å². The third-order valence-corrected chi connectivity index (χ3v) is 6.27. The van der Waals surface area contributed by atoms with Crippen molar-refractivity contribution in [3.05, 3.63) is 59.3 Å². The number of hydrogen-bond acceptors (Lipinski definition) is 8. The fraction of sp³-hybridized carbons (Fsp3) is 0.190. The zero-order valence-electron chi connectivity index (χ0n) is 29.3. The minimum Gasteiger partial charge on any atom is -0.489 e. The average Bonchev–Trinajstić information content (AvgIpc) is 3.18. The van der Waals surface area contributed by atoms with Crippen molar-refractivity contribution >= 4 is 22.4 Å². The van der Waals surface area contributed by atoms with E-state index >= 15 is 0 Å². The maximum atomic E-state index is 8.91. The second-order valence-corrected chi connectivity index (χ2v) is 10.0. The number of fused-ring (bicyclic) bond motifs is 1. The van der Waals surface area contributed by atoms with Crippen molar-refractivity contribution in [2.45, 2.75) is 32.4 Å². The Hall–Kier alpha value is -8.46. The second-order valence-electron chi connectivity index (χ2n) is 10.0. The fourth-order valence-electron chi connectivity index (χ4n) is 4.15. The van der Waals surface area contributed by atoms with Crippen LogP contribution in [0, 0.1) is 129 Å². The number of likely N-dealkylation sites (N-methyl/N-ethyl adjacent to an activating group) is 1. The van der Waals surface area contributed by atoms with Crippen molar-refractivity contribution in [1.29, 1.82) is 5.53 Å². The van der Waals surface area contributed by atoms with E-state index in [1.54, 1.807) is 19.3 Å². The number of benzene rings is 1. The summed E-state index contributed by atoms with van der Waals surface area (Å²) in [5.74, 6) is 49.1. The number of terminal acetylenes is 1. The maximum absolute atomic E-state index is 8.91. The van der Waals surface area contributed by atoms with E-state index < -0.39 is 0 Å². The lowest BCUT2D eigenvalue weighted by molar-refractivity contribution is 0.104. The quantitative estimate of drug-likeness (QED) is 0.0981. The van der Waals surface area contributed by atoms with Crippen molar-refractivity contribution in [3.8, 4) is 125 Å². The van der Waals surface area contributed by atoms with Crippen LogP contribution in [-0.4, -0.2) is 41.1 Å². The first-order valence-corrected chi connectivity index (χ1v) is 15.6. The molecule has 0 spiro atoms. The van der Waals surface area contributed by atoms with Gasteiger partial charge in [-0.05, 0) is 168 Å². The number of rotatable bonds is 7. The summed E-state index contributed by atoms with van der Waals surface area (Å²) in [5.41, 5.74) is 13.0. The Morgan fingerprint density at radius 2 is 1.50 bits per heavy atom. The molecule has 12 heteroatoms. The summed E-state index contributed by atoms with van der Waals surface area (Å²) in [6, 6.07) is 12.1. The molecule has 1 atom stereocenters. The van der Waals surface area contributed by atoms with Crippen molar-refractivity contribution in [2.24, 2.45) is 21.0 Å². The number of aromatic nitrogens is 2. The number of pyridine rings is 2. The van der Waals surface area contributed by atoms with Gasteiger partial charge in [0.2, 0.25) is 0 Å². The summed E-state index contributed by atoms with van der Waals surface area (Å²) in [7, 11) is 2.14. The zero-order chi connectivity index (χ0) is 38.9. The Morgan fingerprint density at radius 1 is 0.889 bits per heavy atom. The van der Waals surface area contributed by atoms with Gasteiger partial charge in [-0.2, -0.15) is 5.53 Å². The molecule has 12 nitrogen and oxygen atoms in total. The molecule has 280 valence electrons. The first-order chi connectivity index (χ1) is 26.5. The highest BCUT2D eigenvalue weighted by Gasteiger charge is 2.18. The smallest absolute Gasteiger partial charge is 0.131 e. The van der Waals surface area contributed by atoms with Crippen LogP contribution in [0.5, 0.6) is 5.75 Å². The molecule has 0 bridgehead atoms. The van der Waals surface area contributed by atoms with Crippen molar-refractivity contribution in [1.82, 2.24) is 14.9 Å². The van der Waals surface area contributed by atoms with Crippen molar-refractivity contribution in [2.75, 3.05) is 31.2 Å². The summed E-state index contributed by atoms with van der Waals surface area (Å²) >= 11 is 0. The van der Waals surface area contributed by atoms with Gasteiger partial charge in [0, 0.05) is 68.3 Å². The highest BCUT2D eigenvalue weighted by atomic mass is 16.5. The van der Waals surface area contributed by atoms with Gasteiger partial charge in [-0.3, -0.25) is 0 Å². The van der Waals surface area contributed by atoms with Crippen LogP contribution in [0.2, 0.25) is 0 Å². The Balaban J connectivity index is -0.000000107. The summed E-state index contributed by atoms with van der Waals surface area (Å²) in [5, 5.41) is 14.7. The SMILES string of the molecule is C#CC#CC#CC#CC#CC#CC#CC#CC#CC#CC.CN1CCCC(Oc2ccnc(NCc3ccc4c(N)nccc4c3)c2)C1.N=N/N=N/N=O.[HH].[HH].[HH].[HH].[HH].[HH].[HH].[HH].[HH].[HH]. The zero-order valence-corrected chi connectivity index (χ0v) is 29.3. The van der Waals surface area contributed by atoms with Gasteiger partial charge in [0.1, 0.15) is 28.8 Å². The lowest BCUT2D eigenvalue weighted by Crippen LogP contribution is -2.38. The Kier molecular flexibility index (Phi) is 21.1. The first-order valence-electron chi connectivity index (χ1n) is 15.6. The molecule has 1 saturated heterocycles. The molecule has 4 N–H and O–H groups in total. The van der Waals surface area contributed by atoms with E-state index in [9.17, 15) is 0 Å². The molecule has 1 aliphatic rings. The number of likely N-dealkylation sites (tertiary alicyclic amines) is 1. The highest BCUT2D eigenvalue weighted by Crippen LogP contribution is 2.22. The molecule has 54 heavy (non-hydrogen) atoms. The molecule has 3 heterocycles. The van der Waals surface area contributed by atoms with Crippen LogP contribution < -0.4 is 15.8 Å². The van der Waals surface area contributed by atoms with Gasteiger partial charge >= 0.3 is 0 Å². The number of nitroso groups, excluding NO2 is 1. The number of nitrogens with zero attached hydrogens (tertiary/aromatic N) is 7. The minimum absolute atomic E-state index is 0. The van der Waals surface area contributed by atoms with Crippen LogP contribution >= 0.6 is 0 Å². The molecule has 1 aliphatic heterocycles. The molecule has 0 radical (unpaired) electrons. The topological polar surface area (TPSA) is 167 Å². The van der Waals surface area contributed by atoms with Gasteiger partial charge in [0.15, 0.2) is 0 Å². The van der Waals surface area contributed by atoms with Crippen LogP contribution in [0.3, 0.4) is 0 Å². The monoisotopic (exact) mass is 726 g/mol. The number of ether oxygens (including phenoxy) is 1. The summed E-state index contributed by atoms with van der Waals surface area (Å²) in [6.07, 6.45) is 11.0. The number of nitrogens with two attached hydrogens (primary N) is 1. The lowest BCUT2D eigenvalue weighted by Gasteiger charge is -2.30. The van der Waals surface area contributed by atoms with Crippen LogP contribution in [0.4, 0.5) is 11.6 Å². The summed E-state index contributed by atoms with van der Waals surface area (Å²) < 4.78 is 6.15. The largest absolute Gasteiger partial charge is 0.489 e. The second kappa shape index (κ2) is 27.4. The van der Waals surface area contributed by atoms with Gasteiger partial charge in [-0.1, -0.05) is 18.1 Å². The van der Waals surface area contributed by atoms with E-state index in [4.69, 9.17) is 27.3 Å². The predicted octanol–water partition coefficient (Wildman–Crippen LogP) is 7.49. The van der Waals surface area contributed by atoms with Crippen LogP contribution in [-0.2, 0) is 6.54 Å². The molecule has 1 aromatic carbocycles. The molecule has 2 aromatic heterocycles. The fourth-order valence-corrected chi connectivity index (χ4v) is 4.15. The standard InChI is InChI=1S/C21H25N5O.C21H4.HN5O.10H2/c1-26-10-2-3-18(14-26)27-17-7-9-23-20(12-17)25-13-15-4-5-19-16(11-15)6-8-24-21(19)22;1-3-5-7-9-11-13-15-17-19-21-20-18-16-14-12-10-8-6-4-2;1-2-3-4-5-6;;;;;;;;;;/h4-9,11-12,18H,2-3,10,13-14H2,1H3,(H2,22,24)(H,23,25);1H,2H3;1H;10*1H/b;;2-1?,4-3+;;;;;;;;;;. The maximum Gasteiger partial charge on any atom is 0.131 e. The number of nitrogen functional groups attached to an aromatic ring is 1. The van der Waals surface area contributed by atoms with Gasteiger partial charge in [0.05, 0.1) is 0 Å². The highest BCUT2D eigenvalue weighted by molar-refractivity contribution is 5.91. The van der Waals surface area contributed by atoms with E-state index in [1.165, 1.54) is 6.42 Å². The van der Waals surface area contributed by atoms with Gasteiger partial charge in [-0.25, -0.2) is 9.97 Å². The Morgan fingerprint density at radius 3 is 2.06 bits per heavy atom. The third-order valence-electron chi connectivity index (χ3n) is 6.27. The average molecular weight is 727 g/mol. The van der Waals surface area contributed by atoms with E-state index in [0.717, 1.165) is 47.4 Å².